The zero-order valence-corrected chi connectivity index (χ0v) is 10.2. The van der Waals surface area contributed by atoms with Crippen molar-refractivity contribution in [2.24, 2.45) is 0 Å². The molecular weight excluding hydrogens is 198 g/mol. The van der Waals surface area contributed by atoms with Gasteiger partial charge in [0.05, 0.1) is 5.60 Å². The predicted molar refractivity (Wildman–Crippen MR) is 66.3 cm³/mol. The molecule has 0 radical (unpaired) electrons. The fourth-order valence-corrected chi connectivity index (χ4v) is 2.38. The number of benzene rings is 1. The fraction of sp³-hybridized carbons (Fsp3) is 0.571. The van der Waals surface area contributed by atoms with Gasteiger partial charge in [0.2, 0.25) is 0 Å². The summed E-state index contributed by atoms with van der Waals surface area (Å²) in [6.07, 6.45) is 1.98. The van der Waals surface area contributed by atoms with Crippen molar-refractivity contribution in [3.05, 3.63) is 35.4 Å². The van der Waals surface area contributed by atoms with Crippen molar-refractivity contribution >= 4 is 0 Å². The Morgan fingerprint density at radius 2 is 2.12 bits per heavy atom. The number of β-amino-alcohol motifs (C(OH)–C–C–N with tert-alkyl or cyclic N) is 1. The molecule has 0 bridgehead atoms. The number of hydrogen-bond acceptors (Lipinski definition) is 2. The van der Waals surface area contributed by atoms with Gasteiger partial charge in [0.1, 0.15) is 0 Å². The van der Waals surface area contributed by atoms with E-state index in [-0.39, 0.29) is 0 Å². The van der Waals surface area contributed by atoms with Gasteiger partial charge in [-0.3, -0.25) is 4.90 Å². The molecule has 1 aliphatic heterocycles. The van der Waals surface area contributed by atoms with Crippen LogP contribution in [0.25, 0.3) is 0 Å². The van der Waals surface area contributed by atoms with Gasteiger partial charge in [-0.25, -0.2) is 0 Å². The zero-order chi connectivity index (χ0) is 11.6. The summed E-state index contributed by atoms with van der Waals surface area (Å²) in [6.45, 7) is 6.87. The highest BCUT2D eigenvalue weighted by Gasteiger charge is 2.30. The molecule has 0 amide bonds. The van der Waals surface area contributed by atoms with E-state index in [1.807, 2.05) is 6.92 Å². The summed E-state index contributed by atoms with van der Waals surface area (Å²) < 4.78 is 0. The van der Waals surface area contributed by atoms with E-state index in [4.69, 9.17) is 0 Å². The van der Waals surface area contributed by atoms with Crippen molar-refractivity contribution in [2.45, 2.75) is 38.8 Å². The van der Waals surface area contributed by atoms with Crippen molar-refractivity contribution < 1.29 is 5.11 Å². The van der Waals surface area contributed by atoms with Gasteiger partial charge in [-0.2, -0.15) is 0 Å². The van der Waals surface area contributed by atoms with Gasteiger partial charge < -0.3 is 5.11 Å². The molecule has 0 spiro atoms. The van der Waals surface area contributed by atoms with Gasteiger partial charge in [0.15, 0.2) is 0 Å². The average molecular weight is 219 g/mol. The molecule has 1 saturated heterocycles. The number of aliphatic hydroxyl groups is 1. The number of nitrogens with zero attached hydrogens (tertiary/aromatic N) is 1. The van der Waals surface area contributed by atoms with Gasteiger partial charge in [-0.05, 0) is 30.9 Å². The normalized spacial score (nSPS) is 26.2. The van der Waals surface area contributed by atoms with Gasteiger partial charge in [0.25, 0.3) is 0 Å². The molecule has 1 aliphatic rings. The molecule has 1 heterocycles. The SMILES string of the molecule is CCc1cccc(CN2CCC(C)(O)C2)c1. The quantitative estimate of drug-likeness (QED) is 0.842. The molecule has 1 unspecified atom stereocenters. The third-order valence-electron chi connectivity index (χ3n) is 3.34. The van der Waals surface area contributed by atoms with Crippen LogP contribution >= 0.6 is 0 Å². The molecule has 2 nitrogen and oxygen atoms in total. The Kier molecular flexibility index (Phi) is 3.31. The maximum atomic E-state index is 9.90. The minimum absolute atomic E-state index is 0.484. The molecule has 2 heteroatoms. The van der Waals surface area contributed by atoms with Crippen LogP contribution in [0.1, 0.15) is 31.4 Å². The Morgan fingerprint density at radius 3 is 2.75 bits per heavy atom. The van der Waals surface area contributed by atoms with E-state index < -0.39 is 5.60 Å². The Bertz CT molecular complexity index is 360. The van der Waals surface area contributed by atoms with Gasteiger partial charge >= 0.3 is 0 Å². The smallest absolute Gasteiger partial charge is 0.0758 e. The molecule has 88 valence electrons. The zero-order valence-electron chi connectivity index (χ0n) is 10.2. The first-order valence-corrected chi connectivity index (χ1v) is 6.11. The third-order valence-corrected chi connectivity index (χ3v) is 3.34. The van der Waals surface area contributed by atoms with Crippen molar-refractivity contribution in [3.63, 3.8) is 0 Å². The van der Waals surface area contributed by atoms with Crippen LogP contribution in [0.3, 0.4) is 0 Å². The standard InChI is InChI=1S/C14H21NO/c1-3-12-5-4-6-13(9-12)10-15-8-7-14(2,16)11-15/h4-6,9,16H,3,7-8,10-11H2,1-2H3. The Labute approximate surface area is 97.9 Å². The molecule has 1 aromatic carbocycles. The lowest BCUT2D eigenvalue weighted by Gasteiger charge is -2.19. The number of rotatable bonds is 3. The fourth-order valence-electron chi connectivity index (χ4n) is 2.38. The van der Waals surface area contributed by atoms with Crippen molar-refractivity contribution in [1.82, 2.24) is 4.90 Å². The molecule has 1 N–H and O–H groups in total. The van der Waals surface area contributed by atoms with Crippen molar-refractivity contribution in [1.29, 1.82) is 0 Å². The highest BCUT2D eigenvalue weighted by atomic mass is 16.3. The van der Waals surface area contributed by atoms with Crippen LogP contribution in [0.4, 0.5) is 0 Å². The van der Waals surface area contributed by atoms with E-state index in [0.29, 0.717) is 0 Å². The second-order valence-electron chi connectivity index (χ2n) is 5.13. The summed E-state index contributed by atoms with van der Waals surface area (Å²) in [5.74, 6) is 0. The second kappa shape index (κ2) is 4.56. The largest absolute Gasteiger partial charge is 0.389 e. The molecule has 1 fully saturated rings. The minimum Gasteiger partial charge on any atom is -0.389 e. The summed E-state index contributed by atoms with van der Waals surface area (Å²) in [7, 11) is 0. The summed E-state index contributed by atoms with van der Waals surface area (Å²) in [5, 5.41) is 9.90. The highest BCUT2D eigenvalue weighted by Crippen LogP contribution is 2.22. The third kappa shape index (κ3) is 2.83. The molecule has 1 atom stereocenters. The lowest BCUT2D eigenvalue weighted by atomic mass is 10.1. The Balaban J connectivity index is 1.99. The first-order chi connectivity index (χ1) is 7.59. The minimum atomic E-state index is -0.484. The van der Waals surface area contributed by atoms with E-state index in [1.165, 1.54) is 11.1 Å². The summed E-state index contributed by atoms with van der Waals surface area (Å²) in [6, 6.07) is 8.74. The first kappa shape index (κ1) is 11.6. The highest BCUT2D eigenvalue weighted by molar-refractivity contribution is 5.23. The molecule has 1 aromatic rings. The average Bonchev–Trinajstić information content (AvgIpc) is 2.58. The maximum Gasteiger partial charge on any atom is 0.0758 e. The van der Waals surface area contributed by atoms with Crippen LogP contribution in [0.15, 0.2) is 24.3 Å². The second-order valence-corrected chi connectivity index (χ2v) is 5.13. The van der Waals surface area contributed by atoms with Crippen molar-refractivity contribution in [3.8, 4) is 0 Å². The molecule has 0 aromatic heterocycles. The number of likely N-dealkylation sites (tertiary alicyclic amines) is 1. The van der Waals surface area contributed by atoms with Gasteiger partial charge in [-0.15, -0.1) is 0 Å². The van der Waals surface area contributed by atoms with E-state index >= 15 is 0 Å². The lowest BCUT2D eigenvalue weighted by molar-refractivity contribution is 0.0679. The lowest BCUT2D eigenvalue weighted by Crippen LogP contribution is -2.29. The monoisotopic (exact) mass is 219 g/mol. The summed E-state index contributed by atoms with van der Waals surface area (Å²) in [5.41, 5.74) is 2.27. The van der Waals surface area contributed by atoms with E-state index in [2.05, 4.69) is 36.1 Å². The van der Waals surface area contributed by atoms with E-state index in [0.717, 1.165) is 32.5 Å². The predicted octanol–water partition coefficient (Wildman–Crippen LogP) is 2.21. The molecule has 0 saturated carbocycles. The van der Waals surface area contributed by atoms with Crippen LogP contribution in [0.5, 0.6) is 0 Å². The van der Waals surface area contributed by atoms with E-state index in [1.54, 1.807) is 0 Å². The molecule has 16 heavy (non-hydrogen) atoms. The van der Waals surface area contributed by atoms with Gasteiger partial charge in [-0.1, -0.05) is 31.2 Å². The van der Waals surface area contributed by atoms with Crippen LogP contribution in [0.2, 0.25) is 0 Å². The van der Waals surface area contributed by atoms with E-state index in [9.17, 15) is 5.11 Å². The maximum absolute atomic E-state index is 9.90. The van der Waals surface area contributed by atoms with Gasteiger partial charge in [0, 0.05) is 19.6 Å². The van der Waals surface area contributed by atoms with Crippen LogP contribution < -0.4 is 0 Å². The van der Waals surface area contributed by atoms with Crippen LogP contribution in [-0.2, 0) is 13.0 Å². The summed E-state index contributed by atoms with van der Waals surface area (Å²) in [4.78, 5) is 2.33. The topological polar surface area (TPSA) is 23.5 Å². The van der Waals surface area contributed by atoms with Crippen LogP contribution in [-0.4, -0.2) is 28.7 Å². The Morgan fingerprint density at radius 1 is 1.38 bits per heavy atom. The number of aryl methyl sites for hydroxylation is 1. The molecular formula is C14H21NO. The van der Waals surface area contributed by atoms with Crippen molar-refractivity contribution in [2.75, 3.05) is 13.1 Å². The Hall–Kier alpha value is -0.860. The summed E-state index contributed by atoms with van der Waals surface area (Å²) >= 11 is 0. The first-order valence-electron chi connectivity index (χ1n) is 6.11. The molecule has 0 aliphatic carbocycles. The van der Waals surface area contributed by atoms with Crippen LogP contribution in [0, 0.1) is 0 Å². The number of hydrogen-bond donors (Lipinski definition) is 1. The molecule has 2 rings (SSSR count).